The third-order valence-electron chi connectivity index (χ3n) is 6.31. The average Bonchev–Trinajstić information content (AvgIpc) is 2.81. The van der Waals surface area contributed by atoms with Crippen molar-refractivity contribution in [2.24, 2.45) is 0 Å². The van der Waals surface area contributed by atoms with Crippen molar-refractivity contribution in [1.82, 2.24) is 0 Å². The van der Waals surface area contributed by atoms with Crippen LogP contribution in [0.3, 0.4) is 0 Å². The monoisotopic (exact) mass is 482 g/mol. The number of aliphatic hydroxyl groups is 1. The van der Waals surface area contributed by atoms with Crippen LogP contribution in [0.2, 0.25) is 0 Å². The number of ketones is 1. The Morgan fingerprint density at radius 2 is 1.80 bits per heavy atom. The van der Waals surface area contributed by atoms with E-state index in [1.165, 1.54) is 13.0 Å². The molecule has 0 amide bonds. The van der Waals surface area contributed by atoms with Crippen LogP contribution in [-0.4, -0.2) is 39.0 Å². The summed E-state index contributed by atoms with van der Waals surface area (Å²) in [5.74, 6) is -1.49. The summed E-state index contributed by atoms with van der Waals surface area (Å²) in [6.07, 6.45) is 3.26. The van der Waals surface area contributed by atoms with Crippen LogP contribution in [0.25, 0.3) is 6.08 Å². The number of carbonyl (C=O) groups excluding carboxylic acids is 1. The summed E-state index contributed by atoms with van der Waals surface area (Å²) < 4.78 is 12.0. The topological polar surface area (TPSA) is 113 Å². The van der Waals surface area contributed by atoms with Crippen molar-refractivity contribution >= 4 is 17.8 Å². The summed E-state index contributed by atoms with van der Waals surface area (Å²) in [4.78, 5) is 24.7. The number of aromatic hydroxyl groups is 1. The molecule has 35 heavy (non-hydrogen) atoms. The smallest absolute Gasteiger partial charge is 0.344 e. The van der Waals surface area contributed by atoms with Gasteiger partial charge in [-0.3, -0.25) is 4.79 Å². The summed E-state index contributed by atoms with van der Waals surface area (Å²) in [5, 5.41) is 31.6. The summed E-state index contributed by atoms with van der Waals surface area (Å²) in [6.45, 7) is 7.05. The molecule has 2 aromatic carbocycles. The van der Waals surface area contributed by atoms with Crippen LogP contribution in [0.15, 0.2) is 36.1 Å². The lowest BCUT2D eigenvalue weighted by atomic mass is 9.81. The first-order chi connectivity index (χ1) is 16.7. The van der Waals surface area contributed by atoms with Gasteiger partial charge in [0.15, 0.2) is 12.1 Å². The van der Waals surface area contributed by atoms with Crippen LogP contribution in [0.4, 0.5) is 0 Å². The van der Waals surface area contributed by atoms with Crippen molar-refractivity contribution in [3.8, 4) is 11.5 Å². The van der Waals surface area contributed by atoms with Crippen molar-refractivity contribution < 1.29 is 34.4 Å². The molecule has 0 heterocycles. The van der Waals surface area contributed by atoms with Gasteiger partial charge in [-0.25, -0.2) is 4.79 Å². The SMILES string of the molecule is CCCc1cccc2c1CC(OC(O)CC)(C(=O)O)C(Oc1ccc(C(C)=O)c(O)c1CCC)=C2. The summed E-state index contributed by atoms with van der Waals surface area (Å²) >= 11 is 0. The molecule has 7 heteroatoms. The maximum absolute atomic E-state index is 12.8. The molecule has 0 radical (unpaired) electrons. The normalized spacial score (nSPS) is 17.9. The van der Waals surface area contributed by atoms with Gasteiger partial charge in [0.25, 0.3) is 0 Å². The third-order valence-corrected chi connectivity index (χ3v) is 6.31. The number of Topliss-reactive ketones (excluding diaryl/α,β-unsaturated/α-hetero) is 1. The molecule has 0 saturated carbocycles. The molecule has 2 atom stereocenters. The van der Waals surface area contributed by atoms with Gasteiger partial charge in [-0.2, -0.15) is 0 Å². The lowest BCUT2D eigenvalue weighted by molar-refractivity contribution is -0.202. The van der Waals surface area contributed by atoms with Gasteiger partial charge in [-0.05, 0) is 61.1 Å². The highest BCUT2D eigenvalue weighted by Gasteiger charge is 2.50. The van der Waals surface area contributed by atoms with Crippen molar-refractivity contribution in [1.29, 1.82) is 0 Å². The van der Waals surface area contributed by atoms with E-state index in [9.17, 15) is 24.9 Å². The number of phenolic OH excluding ortho intramolecular Hbond substituents is 1. The molecule has 0 aliphatic heterocycles. The molecule has 0 fully saturated rings. The van der Waals surface area contributed by atoms with Crippen molar-refractivity contribution in [3.63, 3.8) is 0 Å². The number of hydrogen-bond acceptors (Lipinski definition) is 6. The van der Waals surface area contributed by atoms with Crippen LogP contribution in [0, 0.1) is 0 Å². The van der Waals surface area contributed by atoms with E-state index in [4.69, 9.17) is 9.47 Å². The Bertz CT molecular complexity index is 1130. The first kappa shape index (κ1) is 26.4. The zero-order valence-corrected chi connectivity index (χ0v) is 20.8. The zero-order chi connectivity index (χ0) is 25.8. The summed E-state index contributed by atoms with van der Waals surface area (Å²) in [5.41, 5.74) is 1.31. The van der Waals surface area contributed by atoms with Crippen LogP contribution in [-0.2, 0) is 28.8 Å². The van der Waals surface area contributed by atoms with Crippen LogP contribution in [0.1, 0.15) is 79.6 Å². The van der Waals surface area contributed by atoms with Gasteiger partial charge in [0, 0.05) is 12.0 Å². The quantitative estimate of drug-likeness (QED) is 0.304. The van der Waals surface area contributed by atoms with Gasteiger partial charge < -0.3 is 24.8 Å². The fraction of sp³-hybridized carbons (Fsp3) is 0.429. The lowest BCUT2D eigenvalue weighted by Crippen LogP contribution is -2.51. The van der Waals surface area contributed by atoms with Crippen molar-refractivity contribution in [3.05, 3.63) is 63.9 Å². The van der Waals surface area contributed by atoms with Gasteiger partial charge in [-0.1, -0.05) is 51.8 Å². The largest absolute Gasteiger partial charge is 0.507 e. The number of carbonyl (C=O) groups is 2. The number of hydrogen-bond donors (Lipinski definition) is 3. The highest BCUT2D eigenvalue weighted by molar-refractivity contribution is 5.97. The molecule has 1 aliphatic rings. The number of aryl methyl sites for hydroxylation is 1. The zero-order valence-electron chi connectivity index (χ0n) is 20.8. The number of phenols is 1. The predicted octanol–water partition coefficient (Wildman–Crippen LogP) is 5.04. The van der Waals surface area contributed by atoms with E-state index in [2.05, 4.69) is 6.92 Å². The van der Waals surface area contributed by atoms with E-state index in [0.29, 0.717) is 18.4 Å². The fourth-order valence-corrected chi connectivity index (χ4v) is 4.47. The van der Waals surface area contributed by atoms with E-state index in [1.54, 1.807) is 19.1 Å². The standard InChI is InChI=1S/C28H34O7/c1-5-9-18-11-8-12-19-15-24(28(27(32)33,16-22(18)19)35-25(30)7-3)34-23-14-13-20(17(4)29)26(31)21(23)10-6-2/h8,11-15,25,30-31H,5-7,9-10,16H2,1-4H3,(H,32,33). The number of carboxylic acids is 1. The highest BCUT2D eigenvalue weighted by atomic mass is 16.6. The molecule has 0 saturated heterocycles. The Labute approximate surface area is 206 Å². The maximum Gasteiger partial charge on any atom is 0.344 e. The first-order valence-corrected chi connectivity index (χ1v) is 12.1. The predicted molar refractivity (Wildman–Crippen MR) is 133 cm³/mol. The molecule has 2 aromatic rings. The number of aliphatic carboxylic acids is 1. The van der Waals surface area contributed by atoms with Crippen LogP contribution in [0.5, 0.6) is 11.5 Å². The minimum absolute atomic E-state index is 0.00553. The molecule has 0 bridgehead atoms. The molecule has 7 nitrogen and oxygen atoms in total. The number of benzene rings is 2. The fourth-order valence-electron chi connectivity index (χ4n) is 4.47. The minimum Gasteiger partial charge on any atom is -0.507 e. The number of rotatable bonds is 11. The minimum atomic E-state index is -1.97. The Hall–Kier alpha value is -3.16. The lowest BCUT2D eigenvalue weighted by Gasteiger charge is -2.37. The van der Waals surface area contributed by atoms with Gasteiger partial charge in [0.05, 0.1) is 5.56 Å². The molecular formula is C28H34O7. The number of aliphatic hydroxyl groups excluding tert-OH is 1. The van der Waals surface area contributed by atoms with Crippen molar-refractivity contribution in [2.45, 2.75) is 78.1 Å². The van der Waals surface area contributed by atoms with Crippen molar-refractivity contribution in [2.75, 3.05) is 0 Å². The second-order valence-electron chi connectivity index (χ2n) is 8.88. The Balaban J connectivity index is 2.21. The second kappa shape index (κ2) is 11.1. The summed E-state index contributed by atoms with van der Waals surface area (Å²) in [6, 6.07) is 8.82. The van der Waals surface area contributed by atoms with E-state index in [1.807, 2.05) is 25.1 Å². The second-order valence-corrected chi connectivity index (χ2v) is 8.88. The first-order valence-electron chi connectivity index (χ1n) is 12.1. The molecule has 188 valence electrons. The Morgan fingerprint density at radius 3 is 2.40 bits per heavy atom. The molecule has 0 aromatic heterocycles. The van der Waals surface area contributed by atoms with Gasteiger partial charge in [0.1, 0.15) is 17.3 Å². The molecule has 3 rings (SSSR count). The van der Waals surface area contributed by atoms with Gasteiger partial charge in [-0.15, -0.1) is 0 Å². The van der Waals surface area contributed by atoms with E-state index in [0.717, 1.165) is 29.5 Å². The molecule has 1 aliphatic carbocycles. The van der Waals surface area contributed by atoms with E-state index >= 15 is 0 Å². The third kappa shape index (κ3) is 5.26. The molecule has 0 spiro atoms. The Morgan fingerprint density at radius 1 is 1.09 bits per heavy atom. The van der Waals surface area contributed by atoms with Crippen LogP contribution >= 0.6 is 0 Å². The maximum atomic E-state index is 12.8. The average molecular weight is 483 g/mol. The number of ether oxygens (including phenoxy) is 2. The van der Waals surface area contributed by atoms with E-state index in [-0.39, 0.29) is 41.4 Å². The molecular weight excluding hydrogens is 448 g/mol. The van der Waals surface area contributed by atoms with Crippen LogP contribution < -0.4 is 4.74 Å². The highest BCUT2D eigenvalue weighted by Crippen LogP contribution is 2.41. The summed E-state index contributed by atoms with van der Waals surface area (Å²) in [7, 11) is 0. The molecule has 2 unspecified atom stereocenters. The Kier molecular flexibility index (Phi) is 8.35. The number of carboxylic acid groups (broad SMARTS) is 1. The van der Waals surface area contributed by atoms with Gasteiger partial charge >= 0.3 is 5.97 Å². The van der Waals surface area contributed by atoms with E-state index < -0.39 is 17.9 Å². The van der Waals surface area contributed by atoms with Gasteiger partial charge in [0.2, 0.25) is 5.60 Å². The number of fused-ring (bicyclic) bond motifs is 1. The molecule has 3 N–H and O–H groups in total.